The Morgan fingerprint density at radius 1 is 1.50 bits per heavy atom. The number of alkyl halides is 2. The van der Waals surface area contributed by atoms with Crippen LogP contribution in [-0.4, -0.2) is 10.1 Å². The summed E-state index contributed by atoms with van der Waals surface area (Å²) >= 11 is 0. The quantitative estimate of drug-likeness (QED) is 0.669. The molecule has 0 radical (unpaired) electrons. The molecule has 0 aliphatic carbocycles. The van der Waals surface area contributed by atoms with Crippen molar-refractivity contribution in [1.82, 2.24) is 4.98 Å². The molecule has 0 aliphatic rings. The lowest BCUT2D eigenvalue weighted by Crippen LogP contribution is -2.09. The molecule has 1 aromatic rings. The molecule has 4 nitrogen and oxygen atoms in total. The zero-order chi connectivity index (χ0) is 10.7. The van der Waals surface area contributed by atoms with Gasteiger partial charge in [0.25, 0.3) is 6.43 Å². The van der Waals surface area contributed by atoms with E-state index in [1.807, 2.05) is 0 Å². The second-order valence-corrected chi connectivity index (χ2v) is 2.72. The number of hydrogen-bond acceptors (Lipinski definition) is 4. The minimum atomic E-state index is -2.75. The van der Waals surface area contributed by atoms with Gasteiger partial charge in [0.05, 0.1) is 17.9 Å². The van der Waals surface area contributed by atoms with Gasteiger partial charge in [-0.1, -0.05) is 0 Å². The molecule has 14 heavy (non-hydrogen) atoms. The SMILES string of the molecule is NCc1cnc(CO)c(C(F)F)c1N. The highest BCUT2D eigenvalue weighted by atomic mass is 19.3. The summed E-state index contributed by atoms with van der Waals surface area (Å²) in [4.78, 5) is 3.66. The highest BCUT2D eigenvalue weighted by Gasteiger charge is 2.19. The first-order valence-corrected chi connectivity index (χ1v) is 3.97. The Labute approximate surface area is 79.6 Å². The van der Waals surface area contributed by atoms with Crippen molar-refractivity contribution in [3.63, 3.8) is 0 Å². The maximum Gasteiger partial charge on any atom is 0.267 e. The Morgan fingerprint density at radius 2 is 2.14 bits per heavy atom. The summed E-state index contributed by atoms with van der Waals surface area (Å²) < 4.78 is 25.0. The van der Waals surface area contributed by atoms with Crippen LogP contribution in [-0.2, 0) is 13.2 Å². The van der Waals surface area contributed by atoms with Crippen LogP contribution >= 0.6 is 0 Å². The third kappa shape index (κ3) is 1.80. The Morgan fingerprint density at radius 3 is 2.57 bits per heavy atom. The van der Waals surface area contributed by atoms with Crippen LogP contribution in [0.5, 0.6) is 0 Å². The summed E-state index contributed by atoms with van der Waals surface area (Å²) in [5.41, 5.74) is 10.5. The largest absolute Gasteiger partial charge is 0.398 e. The topological polar surface area (TPSA) is 85.2 Å². The van der Waals surface area contributed by atoms with Crippen molar-refractivity contribution in [2.45, 2.75) is 19.6 Å². The number of aliphatic hydroxyl groups excluding tert-OH is 1. The van der Waals surface area contributed by atoms with E-state index < -0.39 is 18.6 Å². The van der Waals surface area contributed by atoms with E-state index in [0.717, 1.165) is 0 Å². The fourth-order valence-electron chi connectivity index (χ4n) is 1.16. The molecule has 5 N–H and O–H groups in total. The number of halogens is 2. The molecular weight excluding hydrogens is 192 g/mol. The van der Waals surface area contributed by atoms with E-state index in [0.29, 0.717) is 5.56 Å². The first-order chi connectivity index (χ1) is 6.61. The van der Waals surface area contributed by atoms with Crippen LogP contribution in [0.2, 0.25) is 0 Å². The first kappa shape index (κ1) is 10.8. The molecule has 78 valence electrons. The van der Waals surface area contributed by atoms with Gasteiger partial charge in [-0.2, -0.15) is 0 Å². The standard InChI is InChI=1S/C8H11F2N3O/c9-8(10)6-5(3-14)13-2-4(1-11)7(6)12/h2,8,14H,1,3,11H2,(H2,12,13). The number of nitrogens with two attached hydrogens (primary N) is 2. The van der Waals surface area contributed by atoms with Crippen LogP contribution in [0.25, 0.3) is 0 Å². The van der Waals surface area contributed by atoms with Crippen LogP contribution < -0.4 is 11.5 Å². The van der Waals surface area contributed by atoms with Crippen LogP contribution in [0.4, 0.5) is 14.5 Å². The molecule has 0 aromatic carbocycles. The van der Waals surface area contributed by atoms with Crippen LogP contribution in [0, 0.1) is 0 Å². The van der Waals surface area contributed by atoms with E-state index in [1.165, 1.54) is 6.20 Å². The number of pyridine rings is 1. The lowest BCUT2D eigenvalue weighted by atomic mass is 10.1. The van der Waals surface area contributed by atoms with Gasteiger partial charge in [0.15, 0.2) is 0 Å². The van der Waals surface area contributed by atoms with Crippen molar-refractivity contribution < 1.29 is 13.9 Å². The van der Waals surface area contributed by atoms with Crippen LogP contribution in [0.15, 0.2) is 6.20 Å². The van der Waals surface area contributed by atoms with E-state index >= 15 is 0 Å². The minimum Gasteiger partial charge on any atom is -0.398 e. The molecule has 1 aromatic heterocycles. The Bertz CT molecular complexity index is 331. The van der Waals surface area contributed by atoms with Crippen LogP contribution in [0.1, 0.15) is 23.2 Å². The summed E-state index contributed by atoms with van der Waals surface area (Å²) in [6, 6.07) is 0. The number of rotatable bonds is 3. The Kier molecular flexibility index (Phi) is 3.32. The van der Waals surface area contributed by atoms with Crippen LogP contribution in [0.3, 0.4) is 0 Å². The van der Waals surface area contributed by atoms with E-state index in [9.17, 15) is 8.78 Å². The fourth-order valence-corrected chi connectivity index (χ4v) is 1.16. The van der Waals surface area contributed by atoms with Gasteiger partial charge in [-0.25, -0.2) is 8.78 Å². The molecule has 6 heteroatoms. The number of aromatic nitrogens is 1. The average Bonchev–Trinajstić information content (AvgIpc) is 2.16. The highest BCUT2D eigenvalue weighted by Crippen LogP contribution is 2.29. The maximum atomic E-state index is 12.5. The molecule has 0 saturated heterocycles. The second-order valence-electron chi connectivity index (χ2n) is 2.72. The van der Waals surface area contributed by atoms with Crippen molar-refractivity contribution in [3.8, 4) is 0 Å². The third-order valence-corrected chi connectivity index (χ3v) is 1.91. The number of hydrogen-bond donors (Lipinski definition) is 3. The lowest BCUT2D eigenvalue weighted by molar-refractivity contribution is 0.147. The van der Waals surface area contributed by atoms with Crippen molar-refractivity contribution in [1.29, 1.82) is 0 Å². The summed E-state index contributed by atoms with van der Waals surface area (Å²) in [6.45, 7) is -0.515. The predicted molar refractivity (Wildman–Crippen MR) is 47.4 cm³/mol. The average molecular weight is 203 g/mol. The van der Waals surface area contributed by atoms with Gasteiger partial charge < -0.3 is 16.6 Å². The normalized spacial score (nSPS) is 10.9. The van der Waals surface area contributed by atoms with E-state index in [2.05, 4.69) is 4.98 Å². The highest BCUT2D eigenvalue weighted by molar-refractivity contribution is 5.55. The molecule has 0 aliphatic heterocycles. The van der Waals surface area contributed by atoms with Crippen molar-refractivity contribution in [2.24, 2.45) is 5.73 Å². The molecule has 0 fully saturated rings. The van der Waals surface area contributed by atoms with Gasteiger partial charge in [-0.05, 0) is 0 Å². The zero-order valence-corrected chi connectivity index (χ0v) is 7.37. The predicted octanol–water partition coefficient (Wildman–Crippen LogP) is 0.552. The van der Waals surface area contributed by atoms with Gasteiger partial charge in [0.2, 0.25) is 0 Å². The lowest BCUT2D eigenvalue weighted by Gasteiger charge is -2.11. The molecule has 0 unspecified atom stereocenters. The van der Waals surface area contributed by atoms with Crippen molar-refractivity contribution in [3.05, 3.63) is 23.0 Å². The van der Waals surface area contributed by atoms with Gasteiger partial charge in [0.1, 0.15) is 0 Å². The van der Waals surface area contributed by atoms with Gasteiger partial charge in [-0.3, -0.25) is 4.98 Å². The van der Waals surface area contributed by atoms with Gasteiger partial charge in [-0.15, -0.1) is 0 Å². The molecule has 1 rings (SSSR count). The molecule has 0 amide bonds. The number of aliphatic hydroxyl groups is 1. The molecule has 0 bridgehead atoms. The smallest absolute Gasteiger partial charge is 0.267 e. The van der Waals surface area contributed by atoms with Gasteiger partial charge >= 0.3 is 0 Å². The molecule has 0 spiro atoms. The number of anilines is 1. The van der Waals surface area contributed by atoms with E-state index in [-0.39, 0.29) is 17.9 Å². The molecule has 0 saturated carbocycles. The summed E-state index contributed by atoms with van der Waals surface area (Å²) in [5.74, 6) is 0. The first-order valence-electron chi connectivity index (χ1n) is 3.97. The van der Waals surface area contributed by atoms with E-state index in [4.69, 9.17) is 16.6 Å². The third-order valence-electron chi connectivity index (χ3n) is 1.91. The Balaban J connectivity index is 3.31. The van der Waals surface area contributed by atoms with Crippen molar-refractivity contribution >= 4 is 5.69 Å². The second kappa shape index (κ2) is 4.30. The molecule has 0 atom stereocenters. The summed E-state index contributed by atoms with van der Waals surface area (Å²) in [7, 11) is 0. The number of nitrogens with zero attached hydrogens (tertiary/aromatic N) is 1. The van der Waals surface area contributed by atoms with Gasteiger partial charge in [0, 0.05) is 24.0 Å². The minimum absolute atomic E-state index is 0.0459. The fraction of sp³-hybridized carbons (Fsp3) is 0.375. The molecular formula is C8H11F2N3O. The number of nitrogen functional groups attached to an aromatic ring is 1. The zero-order valence-electron chi connectivity index (χ0n) is 7.37. The van der Waals surface area contributed by atoms with Crippen molar-refractivity contribution in [2.75, 3.05) is 5.73 Å². The monoisotopic (exact) mass is 203 g/mol. The molecule has 1 heterocycles. The Hall–Kier alpha value is -1.27. The maximum absolute atomic E-state index is 12.5. The van der Waals surface area contributed by atoms with E-state index in [1.54, 1.807) is 0 Å². The summed E-state index contributed by atoms with van der Waals surface area (Å²) in [5, 5.41) is 8.77. The summed E-state index contributed by atoms with van der Waals surface area (Å²) in [6.07, 6.45) is -1.46.